The van der Waals surface area contributed by atoms with Crippen molar-refractivity contribution < 1.29 is 38.2 Å². The number of likely N-dealkylation sites (N-methyl/N-ethyl adjacent to an activating group) is 2. The third kappa shape index (κ3) is 8.89. The summed E-state index contributed by atoms with van der Waals surface area (Å²) in [6.07, 6.45) is 0.202. The van der Waals surface area contributed by atoms with E-state index >= 15 is 4.39 Å². The van der Waals surface area contributed by atoms with Gasteiger partial charge in [0, 0.05) is 47.0 Å². The lowest BCUT2D eigenvalue weighted by molar-refractivity contribution is -0.138. The number of nitrogens with zero attached hydrogens (tertiary/aromatic N) is 2. The predicted octanol–water partition coefficient (Wildman–Crippen LogP) is 2.61. The molecule has 4 heterocycles. The van der Waals surface area contributed by atoms with Crippen LogP contribution in [0.15, 0.2) is 36.4 Å². The third-order valence-corrected chi connectivity index (χ3v) is 11.9. The number of aromatic nitrogens is 2. The Morgan fingerprint density at radius 2 is 1.26 bits per heavy atom. The largest absolute Gasteiger partial charge is 0.391 e. The zero-order valence-electron chi connectivity index (χ0n) is 33.9. The second kappa shape index (κ2) is 17.9. The molecule has 2 saturated heterocycles. The Balaban J connectivity index is 1.32. The standard InChI is InChI=1S/C42H56F2N8O6/c1-7-33(49-39(55)21(3)45-5)41(57)51-19-28(53)15-26(51)12-23-11-25(44)14-36-31(23)18-37(47-36)38-32(30-10-9-24(43)13-35(30)48-38)17-27-16-29(54)20-52(27)42(58)34(8-2)50-40(56)22(4)46-6/h9-11,13-14,18,21-22,26-29,33-34,45-48,53-54H,7-8,12,15-17,19-20H2,1-6H3,(H,49,55)(H,50,56)/t21-,22-,26+,27-,28-,29-,33+,34-/m1/s1. The van der Waals surface area contributed by atoms with E-state index < -0.39 is 60.1 Å². The van der Waals surface area contributed by atoms with Crippen molar-refractivity contribution in [2.75, 3.05) is 27.2 Å². The van der Waals surface area contributed by atoms with Crippen molar-refractivity contribution in [1.82, 2.24) is 41.0 Å². The van der Waals surface area contributed by atoms with Crippen LogP contribution < -0.4 is 21.3 Å². The van der Waals surface area contributed by atoms with Crippen LogP contribution >= 0.6 is 0 Å². The fraction of sp³-hybridized carbons (Fsp3) is 0.524. The normalized spacial score (nSPS) is 21.7. The Kier molecular flexibility index (Phi) is 13.2. The van der Waals surface area contributed by atoms with Crippen LogP contribution in [0.25, 0.3) is 33.2 Å². The summed E-state index contributed by atoms with van der Waals surface area (Å²) in [5, 5.41) is 34.4. The lowest BCUT2D eigenvalue weighted by Gasteiger charge is -2.29. The number of hydrogen-bond donors (Lipinski definition) is 8. The molecular formula is C42H56F2N8O6. The highest BCUT2D eigenvalue weighted by Gasteiger charge is 2.40. The van der Waals surface area contributed by atoms with Gasteiger partial charge in [-0.15, -0.1) is 0 Å². The molecule has 2 aromatic carbocycles. The van der Waals surface area contributed by atoms with Crippen LogP contribution in [0.3, 0.4) is 0 Å². The predicted molar refractivity (Wildman–Crippen MR) is 217 cm³/mol. The number of halogens is 2. The van der Waals surface area contributed by atoms with Crippen LogP contribution in [0.1, 0.15) is 64.5 Å². The van der Waals surface area contributed by atoms with Crippen molar-refractivity contribution in [2.45, 2.75) is 115 Å². The fourth-order valence-corrected chi connectivity index (χ4v) is 8.38. The molecule has 0 spiro atoms. The lowest BCUT2D eigenvalue weighted by atomic mass is 9.97. The van der Waals surface area contributed by atoms with Gasteiger partial charge in [-0.1, -0.05) is 13.8 Å². The summed E-state index contributed by atoms with van der Waals surface area (Å²) in [5.74, 6) is -2.20. The summed E-state index contributed by atoms with van der Waals surface area (Å²) in [4.78, 5) is 63.0. The van der Waals surface area contributed by atoms with Gasteiger partial charge in [-0.05, 0) is 114 Å². The molecule has 314 valence electrons. The first-order valence-electron chi connectivity index (χ1n) is 20.2. The monoisotopic (exact) mass is 806 g/mol. The van der Waals surface area contributed by atoms with E-state index in [4.69, 9.17) is 0 Å². The molecule has 14 nitrogen and oxygen atoms in total. The quantitative estimate of drug-likeness (QED) is 0.0899. The van der Waals surface area contributed by atoms with Crippen molar-refractivity contribution >= 4 is 45.4 Å². The average molecular weight is 807 g/mol. The Morgan fingerprint density at radius 3 is 1.79 bits per heavy atom. The zero-order chi connectivity index (χ0) is 42.0. The van der Waals surface area contributed by atoms with Gasteiger partial charge in [-0.2, -0.15) is 0 Å². The van der Waals surface area contributed by atoms with Gasteiger partial charge < -0.3 is 51.2 Å². The van der Waals surface area contributed by atoms with Crippen LogP contribution in [-0.2, 0) is 32.0 Å². The van der Waals surface area contributed by atoms with Crippen LogP contribution in [0.5, 0.6) is 0 Å². The average Bonchev–Trinajstić information content (AvgIpc) is 3.98. The molecule has 8 atom stereocenters. The number of β-amino-alcohol motifs (C(OH)–C–C–N with tert-alkyl or cyclic N) is 2. The van der Waals surface area contributed by atoms with Crippen LogP contribution in [0.2, 0.25) is 0 Å². The van der Waals surface area contributed by atoms with Crippen LogP contribution in [-0.4, -0.2) is 129 Å². The van der Waals surface area contributed by atoms with Gasteiger partial charge in [0.2, 0.25) is 23.6 Å². The molecule has 0 saturated carbocycles. The minimum absolute atomic E-state index is 0.0824. The molecule has 16 heteroatoms. The number of aliphatic hydroxyl groups excluding tert-OH is 2. The zero-order valence-corrected chi connectivity index (χ0v) is 33.9. The van der Waals surface area contributed by atoms with Crippen molar-refractivity contribution in [3.05, 3.63) is 59.2 Å². The number of amides is 4. The number of hydrogen-bond acceptors (Lipinski definition) is 8. The van der Waals surface area contributed by atoms with Gasteiger partial charge in [0.1, 0.15) is 23.7 Å². The number of benzene rings is 2. The van der Waals surface area contributed by atoms with Gasteiger partial charge in [0.15, 0.2) is 0 Å². The van der Waals surface area contributed by atoms with E-state index in [0.717, 1.165) is 5.56 Å². The number of H-pyrrole nitrogens is 2. The van der Waals surface area contributed by atoms with Crippen molar-refractivity contribution in [3.63, 3.8) is 0 Å². The summed E-state index contributed by atoms with van der Waals surface area (Å²) in [6, 6.07) is 5.56. The molecular weight excluding hydrogens is 751 g/mol. The fourth-order valence-electron chi connectivity index (χ4n) is 8.38. The Labute approximate surface area is 336 Å². The number of aromatic amines is 2. The summed E-state index contributed by atoms with van der Waals surface area (Å²) >= 11 is 0. The molecule has 2 aliphatic rings. The SMILES string of the molecule is CC[C@H](NC(=O)[C@@H](C)NC)C(=O)N1C[C@H](O)C[C@@H]1Cc1cc(F)cc2[nH]c(-c3[nH]c4cc(F)ccc4c3C[C@H]3C[C@@H](O)CN3C(=O)[C@@H](CC)NC(=O)[C@@H](C)NC)cc12. The third-order valence-electron chi connectivity index (χ3n) is 11.9. The number of likely N-dealkylation sites (tertiary alicyclic amines) is 2. The summed E-state index contributed by atoms with van der Waals surface area (Å²) < 4.78 is 30.0. The highest BCUT2D eigenvalue weighted by Crippen LogP contribution is 2.37. The summed E-state index contributed by atoms with van der Waals surface area (Å²) in [7, 11) is 3.31. The number of rotatable bonds is 15. The van der Waals surface area contributed by atoms with E-state index in [1.165, 1.54) is 24.3 Å². The number of carbonyl (C=O) groups excluding carboxylic acids is 4. The Bertz CT molecular complexity index is 2160. The summed E-state index contributed by atoms with van der Waals surface area (Å²) in [5.41, 5.74) is 3.55. The number of aliphatic hydroxyl groups is 2. The molecule has 4 aromatic rings. The molecule has 0 aliphatic carbocycles. The summed E-state index contributed by atoms with van der Waals surface area (Å²) in [6.45, 7) is 7.18. The van der Waals surface area contributed by atoms with Crippen molar-refractivity contribution in [2.24, 2.45) is 0 Å². The van der Waals surface area contributed by atoms with Gasteiger partial charge in [-0.3, -0.25) is 19.2 Å². The molecule has 0 radical (unpaired) electrons. The van der Waals surface area contributed by atoms with E-state index in [1.54, 1.807) is 50.7 Å². The van der Waals surface area contributed by atoms with Crippen molar-refractivity contribution in [3.8, 4) is 11.4 Å². The van der Waals surface area contributed by atoms with Crippen molar-refractivity contribution in [1.29, 1.82) is 0 Å². The molecule has 4 amide bonds. The minimum atomic E-state index is -0.798. The second-order valence-electron chi connectivity index (χ2n) is 15.8. The first-order chi connectivity index (χ1) is 27.6. The molecule has 6 rings (SSSR count). The first kappa shape index (κ1) is 42.7. The maximum atomic E-state index is 15.4. The topological polar surface area (TPSA) is 195 Å². The maximum Gasteiger partial charge on any atom is 0.245 e. The Hall–Kier alpha value is -4.90. The van der Waals surface area contributed by atoms with E-state index in [2.05, 4.69) is 31.2 Å². The molecule has 2 fully saturated rings. The van der Waals surface area contributed by atoms with Gasteiger partial charge >= 0.3 is 0 Å². The molecule has 58 heavy (non-hydrogen) atoms. The number of nitrogens with one attached hydrogen (secondary N) is 6. The molecule has 2 aromatic heterocycles. The highest BCUT2D eigenvalue weighted by atomic mass is 19.1. The van der Waals surface area contributed by atoms with E-state index in [1.807, 2.05) is 13.0 Å². The van der Waals surface area contributed by atoms with Crippen LogP contribution in [0, 0.1) is 11.6 Å². The molecule has 2 aliphatic heterocycles. The van der Waals surface area contributed by atoms with E-state index in [-0.39, 0.29) is 62.4 Å². The van der Waals surface area contributed by atoms with E-state index in [9.17, 15) is 33.8 Å². The smallest absolute Gasteiger partial charge is 0.245 e. The number of fused-ring (bicyclic) bond motifs is 2. The first-order valence-corrected chi connectivity index (χ1v) is 20.2. The highest BCUT2D eigenvalue weighted by molar-refractivity contribution is 5.95. The molecule has 8 N–H and O–H groups in total. The molecule has 0 unspecified atom stereocenters. The van der Waals surface area contributed by atoms with E-state index in [0.29, 0.717) is 51.6 Å². The lowest BCUT2D eigenvalue weighted by Crippen LogP contribution is -2.53. The van der Waals surface area contributed by atoms with Gasteiger partial charge in [0.25, 0.3) is 0 Å². The molecule has 0 bridgehead atoms. The Morgan fingerprint density at radius 1 is 0.741 bits per heavy atom. The van der Waals surface area contributed by atoms with Crippen LogP contribution in [0.4, 0.5) is 8.78 Å². The number of carbonyl (C=O) groups is 4. The second-order valence-corrected chi connectivity index (χ2v) is 15.8. The maximum absolute atomic E-state index is 15.4. The van der Waals surface area contributed by atoms with Gasteiger partial charge in [-0.25, -0.2) is 8.78 Å². The van der Waals surface area contributed by atoms with Gasteiger partial charge in [0.05, 0.1) is 35.7 Å². The minimum Gasteiger partial charge on any atom is -0.391 e.